The highest BCUT2D eigenvalue weighted by Crippen LogP contribution is 2.41. The van der Waals surface area contributed by atoms with Gasteiger partial charge in [-0.05, 0) is 36.7 Å². The van der Waals surface area contributed by atoms with Crippen molar-refractivity contribution in [3.63, 3.8) is 0 Å². The lowest BCUT2D eigenvalue weighted by Crippen LogP contribution is -2.35. The van der Waals surface area contributed by atoms with Crippen molar-refractivity contribution < 1.29 is 4.74 Å². The predicted molar refractivity (Wildman–Crippen MR) is 63.8 cm³/mol. The van der Waals surface area contributed by atoms with E-state index in [0.29, 0.717) is 11.9 Å². The lowest BCUT2D eigenvalue weighted by molar-refractivity contribution is 0.393. The normalized spacial score (nSPS) is 28.1. The van der Waals surface area contributed by atoms with Crippen LogP contribution in [0.3, 0.4) is 0 Å². The number of rotatable bonds is 2. The first kappa shape index (κ1) is 9.94. The number of ether oxygens (including phenoxy) is 1. The molecule has 0 aromatic carbocycles. The Kier molecular flexibility index (Phi) is 2.27. The molecule has 2 atom stereocenters. The highest BCUT2D eigenvalue weighted by molar-refractivity contribution is 5.55. The fourth-order valence-electron chi connectivity index (χ4n) is 2.71. The zero-order valence-electron chi connectivity index (χ0n) is 9.86. The zero-order valence-corrected chi connectivity index (χ0v) is 9.86. The maximum atomic E-state index is 5.17. The molecule has 1 N–H and O–H groups in total. The van der Waals surface area contributed by atoms with Crippen molar-refractivity contribution in [2.75, 3.05) is 12.4 Å². The molecule has 1 aliphatic heterocycles. The molecule has 0 amide bonds. The minimum Gasteiger partial charge on any atom is -0.481 e. The fourth-order valence-corrected chi connectivity index (χ4v) is 2.71. The number of hydrogen-bond acceptors (Lipinski definition) is 3. The first-order chi connectivity index (χ1) is 7.78. The van der Waals surface area contributed by atoms with Crippen molar-refractivity contribution in [3.05, 3.63) is 17.8 Å². The van der Waals surface area contributed by atoms with Crippen LogP contribution in [-0.2, 0) is 6.42 Å². The maximum absolute atomic E-state index is 5.17. The van der Waals surface area contributed by atoms with Gasteiger partial charge >= 0.3 is 0 Å². The number of aromatic nitrogens is 1. The maximum Gasteiger partial charge on any atom is 0.214 e. The van der Waals surface area contributed by atoms with Crippen LogP contribution in [0, 0.1) is 11.8 Å². The van der Waals surface area contributed by atoms with Crippen LogP contribution in [0.4, 0.5) is 5.69 Å². The molecule has 0 bridgehead atoms. The lowest BCUT2D eigenvalue weighted by atomic mass is 9.87. The Labute approximate surface area is 96.2 Å². The van der Waals surface area contributed by atoms with Crippen LogP contribution in [-0.4, -0.2) is 18.1 Å². The molecule has 3 rings (SSSR count). The van der Waals surface area contributed by atoms with E-state index in [1.807, 2.05) is 12.3 Å². The van der Waals surface area contributed by atoms with Gasteiger partial charge in [-0.2, -0.15) is 0 Å². The summed E-state index contributed by atoms with van der Waals surface area (Å²) in [4.78, 5) is 4.27. The van der Waals surface area contributed by atoms with Gasteiger partial charge in [0.05, 0.1) is 7.11 Å². The Balaban J connectivity index is 1.89. The predicted octanol–water partition coefficient (Wildman–Crippen LogP) is 2.47. The second-order valence-corrected chi connectivity index (χ2v) is 5.07. The molecule has 1 aliphatic carbocycles. The van der Waals surface area contributed by atoms with E-state index in [4.69, 9.17) is 4.74 Å². The van der Waals surface area contributed by atoms with Crippen LogP contribution in [0.2, 0.25) is 0 Å². The third-order valence-corrected chi connectivity index (χ3v) is 3.78. The molecule has 1 unspecified atom stereocenters. The molecule has 2 aliphatic rings. The van der Waals surface area contributed by atoms with Crippen LogP contribution in [0.5, 0.6) is 5.88 Å². The molecule has 3 nitrogen and oxygen atoms in total. The lowest BCUT2D eigenvalue weighted by Gasteiger charge is -2.32. The molecule has 3 heteroatoms. The molecule has 0 saturated heterocycles. The van der Waals surface area contributed by atoms with E-state index in [1.165, 1.54) is 24.1 Å². The van der Waals surface area contributed by atoms with E-state index in [2.05, 4.69) is 17.2 Å². The number of anilines is 1. The van der Waals surface area contributed by atoms with Crippen LogP contribution >= 0.6 is 0 Å². The van der Waals surface area contributed by atoms with Gasteiger partial charge in [0.1, 0.15) is 0 Å². The van der Waals surface area contributed by atoms with Gasteiger partial charge in [0.25, 0.3) is 0 Å². The van der Waals surface area contributed by atoms with Gasteiger partial charge in [0.15, 0.2) is 0 Å². The fraction of sp³-hybridized carbons (Fsp3) is 0.615. The summed E-state index contributed by atoms with van der Waals surface area (Å²) in [5, 5.41) is 3.66. The van der Waals surface area contributed by atoms with Crippen LogP contribution in [0.15, 0.2) is 12.3 Å². The van der Waals surface area contributed by atoms with Crippen LogP contribution in [0.25, 0.3) is 0 Å². The second kappa shape index (κ2) is 3.65. The molecule has 16 heavy (non-hydrogen) atoms. The Hall–Kier alpha value is -1.25. The number of fused-ring (bicyclic) bond motifs is 1. The smallest absolute Gasteiger partial charge is 0.214 e. The van der Waals surface area contributed by atoms with Crippen molar-refractivity contribution in [1.29, 1.82) is 0 Å². The summed E-state index contributed by atoms with van der Waals surface area (Å²) in [6.45, 7) is 2.34. The summed E-state index contributed by atoms with van der Waals surface area (Å²) in [6, 6.07) is 2.68. The van der Waals surface area contributed by atoms with Crippen molar-refractivity contribution in [1.82, 2.24) is 4.98 Å². The molecule has 1 saturated carbocycles. The third-order valence-electron chi connectivity index (χ3n) is 3.78. The summed E-state index contributed by atoms with van der Waals surface area (Å²) >= 11 is 0. The SMILES string of the molecule is COc1cc2c(cn1)CC(C)[C@H](C1CC1)N2. The first-order valence-electron chi connectivity index (χ1n) is 6.07. The van der Waals surface area contributed by atoms with E-state index in [1.54, 1.807) is 7.11 Å². The summed E-state index contributed by atoms with van der Waals surface area (Å²) in [5.41, 5.74) is 2.55. The minimum absolute atomic E-state index is 0.652. The van der Waals surface area contributed by atoms with Gasteiger partial charge in [-0.15, -0.1) is 0 Å². The number of hydrogen-bond donors (Lipinski definition) is 1. The molecule has 0 radical (unpaired) electrons. The molecule has 1 fully saturated rings. The Morgan fingerprint density at radius 1 is 1.44 bits per heavy atom. The van der Waals surface area contributed by atoms with Gasteiger partial charge in [-0.3, -0.25) is 0 Å². The summed E-state index contributed by atoms with van der Waals surface area (Å²) in [6.07, 6.45) is 5.86. The largest absolute Gasteiger partial charge is 0.481 e. The van der Waals surface area contributed by atoms with Crippen LogP contribution < -0.4 is 10.1 Å². The van der Waals surface area contributed by atoms with E-state index in [0.717, 1.165) is 18.3 Å². The number of nitrogens with one attached hydrogen (secondary N) is 1. The quantitative estimate of drug-likeness (QED) is 0.828. The van der Waals surface area contributed by atoms with Gasteiger partial charge < -0.3 is 10.1 Å². The van der Waals surface area contributed by atoms with Crippen molar-refractivity contribution in [2.45, 2.75) is 32.2 Å². The Morgan fingerprint density at radius 2 is 2.25 bits per heavy atom. The van der Waals surface area contributed by atoms with Gasteiger partial charge in [0, 0.05) is 24.0 Å². The zero-order chi connectivity index (χ0) is 11.1. The van der Waals surface area contributed by atoms with Crippen molar-refractivity contribution >= 4 is 5.69 Å². The van der Waals surface area contributed by atoms with Gasteiger partial charge in [-0.1, -0.05) is 6.92 Å². The Morgan fingerprint density at radius 3 is 2.94 bits per heavy atom. The molecular weight excluding hydrogens is 200 g/mol. The third kappa shape index (κ3) is 1.64. The van der Waals surface area contributed by atoms with E-state index in [-0.39, 0.29) is 0 Å². The number of nitrogens with zero attached hydrogens (tertiary/aromatic N) is 1. The van der Waals surface area contributed by atoms with E-state index < -0.39 is 0 Å². The molecular formula is C13H18N2O. The summed E-state index contributed by atoms with van der Waals surface area (Å²) in [5.74, 6) is 2.31. The standard InChI is InChI=1S/C13H18N2O/c1-8-5-10-7-14-12(16-2)6-11(10)15-13(8)9-3-4-9/h6-9,13,15H,3-5H2,1-2H3/t8?,13-/m1/s1. The van der Waals surface area contributed by atoms with Crippen molar-refractivity contribution in [3.8, 4) is 5.88 Å². The molecule has 86 valence electrons. The average Bonchev–Trinajstić information content (AvgIpc) is 3.11. The molecule has 1 aromatic rings. The average molecular weight is 218 g/mol. The van der Waals surface area contributed by atoms with E-state index >= 15 is 0 Å². The number of pyridine rings is 1. The number of methoxy groups -OCH3 is 1. The first-order valence-corrected chi connectivity index (χ1v) is 6.07. The Bertz CT molecular complexity index is 401. The van der Waals surface area contributed by atoms with Gasteiger partial charge in [-0.25, -0.2) is 4.98 Å². The van der Waals surface area contributed by atoms with Gasteiger partial charge in [0.2, 0.25) is 5.88 Å². The molecule has 2 heterocycles. The van der Waals surface area contributed by atoms with Crippen molar-refractivity contribution in [2.24, 2.45) is 11.8 Å². The monoisotopic (exact) mass is 218 g/mol. The highest BCUT2D eigenvalue weighted by Gasteiger charge is 2.37. The molecule has 1 aromatic heterocycles. The highest BCUT2D eigenvalue weighted by atomic mass is 16.5. The van der Waals surface area contributed by atoms with Crippen LogP contribution in [0.1, 0.15) is 25.3 Å². The minimum atomic E-state index is 0.652. The summed E-state index contributed by atoms with van der Waals surface area (Å²) < 4.78 is 5.17. The topological polar surface area (TPSA) is 34.1 Å². The second-order valence-electron chi connectivity index (χ2n) is 5.07. The summed E-state index contributed by atoms with van der Waals surface area (Å²) in [7, 11) is 1.67. The van der Waals surface area contributed by atoms with E-state index in [9.17, 15) is 0 Å². The molecule has 0 spiro atoms.